The summed E-state index contributed by atoms with van der Waals surface area (Å²) >= 11 is 1.57. The molecule has 0 aliphatic carbocycles. The Morgan fingerprint density at radius 2 is 2.28 bits per heavy atom. The van der Waals surface area contributed by atoms with Gasteiger partial charge in [-0.05, 0) is 30.7 Å². The zero-order chi connectivity index (χ0) is 13.1. The van der Waals surface area contributed by atoms with E-state index in [-0.39, 0.29) is 11.9 Å². The summed E-state index contributed by atoms with van der Waals surface area (Å²) in [5.41, 5.74) is 10.5. The molecule has 0 fully saturated rings. The number of anilines is 1. The summed E-state index contributed by atoms with van der Waals surface area (Å²) < 4.78 is 13.3. The quantitative estimate of drug-likeness (QED) is 0.924. The molecule has 0 aliphatic rings. The molecule has 0 radical (unpaired) electrons. The number of hydrogen-bond donors (Lipinski definition) is 1. The number of thiazole rings is 1. The third kappa shape index (κ3) is 2.86. The summed E-state index contributed by atoms with van der Waals surface area (Å²) in [5, 5.41) is 2.01. The molecular formula is C13H16FN3S. The third-order valence-electron chi connectivity index (χ3n) is 2.77. The number of benzene rings is 1. The van der Waals surface area contributed by atoms with Crippen LogP contribution in [0.2, 0.25) is 0 Å². The third-order valence-corrected chi connectivity index (χ3v) is 3.41. The van der Waals surface area contributed by atoms with E-state index in [0.29, 0.717) is 6.54 Å². The molecule has 2 aromatic rings. The molecule has 5 heteroatoms. The van der Waals surface area contributed by atoms with Crippen LogP contribution >= 0.6 is 11.3 Å². The number of rotatable bonds is 4. The van der Waals surface area contributed by atoms with E-state index in [2.05, 4.69) is 4.98 Å². The van der Waals surface area contributed by atoms with Crippen molar-refractivity contribution in [2.45, 2.75) is 19.5 Å². The predicted octanol–water partition coefficient (Wildman–Crippen LogP) is 2.94. The minimum atomic E-state index is -0.256. The van der Waals surface area contributed by atoms with Crippen LogP contribution in [-0.4, -0.2) is 12.0 Å². The second-order valence-corrected chi connectivity index (χ2v) is 5.05. The van der Waals surface area contributed by atoms with Crippen molar-refractivity contribution in [2.24, 2.45) is 5.73 Å². The van der Waals surface area contributed by atoms with Crippen LogP contribution in [0.5, 0.6) is 0 Å². The molecule has 1 aromatic heterocycles. The molecule has 0 bridgehead atoms. The van der Waals surface area contributed by atoms with Gasteiger partial charge in [0.1, 0.15) is 5.82 Å². The van der Waals surface area contributed by atoms with Crippen LogP contribution in [0.3, 0.4) is 0 Å². The fourth-order valence-corrected chi connectivity index (χ4v) is 2.43. The fourth-order valence-electron chi connectivity index (χ4n) is 1.88. The van der Waals surface area contributed by atoms with Crippen LogP contribution in [0.1, 0.15) is 24.2 Å². The molecule has 2 rings (SSSR count). The first-order valence-electron chi connectivity index (χ1n) is 5.71. The van der Waals surface area contributed by atoms with Crippen LogP contribution in [0.25, 0.3) is 0 Å². The molecule has 1 aromatic carbocycles. The van der Waals surface area contributed by atoms with Crippen LogP contribution in [0.4, 0.5) is 10.1 Å². The molecule has 0 amide bonds. The number of nitrogens with zero attached hydrogens (tertiary/aromatic N) is 2. The minimum absolute atomic E-state index is 0.200. The van der Waals surface area contributed by atoms with E-state index in [0.717, 1.165) is 16.9 Å². The van der Waals surface area contributed by atoms with Gasteiger partial charge < -0.3 is 10.6 Å². The van der Waals surface area contributed by atoms with Crippen LogP contribution in [-0.2, 0) is 6.54 Å². The highest BCUT2D eigenvalue weighted by atomic mass is 32.1. The molecule has 0 saturated carbocycles. The lowest BCUT2D eigenvalue weighted by atomic mass is 10.1. The molecule has 0 unspecified atom stereocenters. The van der Waals surface area contributed by atoms with Crippen molar-refractivity contribution in [3.63, 3.8) is 0 Å². The Kier molecular flexibility index (Phi) is 3.93. The standard InChI is InChI=1S/C13H16FN3S/c1-9(15)12-5-10(14)3-4-13(12)17(2)6-11-7-18-8-16-11/h3-5,7-9H,6,15H2,1-2H3/t9-/m1/s1. The molecule has 1 atom stereocenters. The van der Waals surface area contributed by atoms with Gasteiger partial charge in [0.15, 0.2) is 0 Å². The number of hydrogen-bond acceptors (Lipinski definition) is 4. The van der Waals surface area contributed by atoms with E-state index in [1.165, 1.54) is 12.1 Å². The zero-order valence-electron chi connectivity index (χ0n) is 10.4. The second-order valence-electron chi connectivity index (χ2n) is 4.33. The topological polar surface area (TPSA) is 42.1 Å². The predicted molar refractivity (Wildman–Crippen MR) is 73.2 cm³/mol. The van der Waals surface area contributed by atoms with Gasteiger partial charge >= 0.3 is 0 Å². The number of halogens is 1. The molecule has 2 N–H and O–H groups in total. The number of aromatic nitrogens is 1. The van der Waals surface area contributed by atoms with Gasteiger partial charge in [0.25, 0.3) is 0 Å². The highest BCUT2D eigenvalue weighted by Crippen LogP contribution is 2.26. The molecule has 1 heterocycles. The van der Waals surface area contributed by atoms with E-state index in [1.807, 2.05) is 24.3 Å². The Bertz CT molecular complexity index is 511. The summed E-state index contributed by atoms with van der Waals surface area (Å²) in [6.45, 7) is 2.55. The first-order chi connectivity index (χ1) is 8.58. The SMILES string of the molecule is C[C@@H](N)c1cc(F)ccc1N(C)Cc1cscn1. The van der Waals surface area contributed by atoms with Gasteiger partial charge in [0, 0.05) is 24.2 Å². The Balaban J connectivity index is 2.26. The maximum atomic E-state index is 13.3. The molecule has 3 nitrogen and oxygen atoms in total. The Morgan fingerprint density at radius 1 is 1.50 bits per heavy atom. The first kappa shape index (κ1) is 13.0. The maximum absolute atomic E-state index is 13.3. The van der Waals surface area contributed by atoms with Crippen LogP contribution in [0.15, 0.2) is 29.1 Å². The molecule has 18 heavy (non-hydrogen) atoms. The summed E-state index contributed by atoms with van der Waals surface area (Å²) in [7, 11) is 1.96. The molecule has 0 saturated heterocycles. The van der Waals surface area contributed by atoms with Gasteiger partial charge in [-0.15, -0.1) is 11.3 Å². The zero-order valence-corrected chi connectivity index (χ0v) is 11.2. The monoisotopic (exact) mass is 265 g/mol. The molecular weight excluding hydrogens is 249 g/mol. The Morgan fingerprint density at radius 3 is 2.89 bits per heavy atom. The van der Waals surface area contributed by atoms with Crippen molar-refractivity contribution < 1.29 is 4.39 Å². The largest absolute Gasteiger partial charge is 0.368 e. The van der Waals surface area contributed by atoms with Crippen molar-refractivity contribution >= 4 is 17.0 Å². The second kappa shape index (κ2) is 5.46. The highest BCUT2D eigenvalue weighted by molar-refractivity contribution is 7.07. The number of nitrogens with two attached hydrogens (primary N) is 1. The average Bonchev–Trinajstić information content (AvgIpc) is 2.81. The van der Waals surface area contributed by atoms with E-state index < -0.39 is 0 Å². The lowest BCUT2D eigenvalue weighted by Gasteiger charge is -2.23. The van der Waals surface area contributed by atoms with Crippen molar-refractivity contribution in [1.82, 2.24) is 4.98 Å². The van der Waals surface area contributed by atoms with Gasteiger partial charge in [0.05, 0.1) is 17.7 Å². The van der Waals surface area contributed by atoms with Crippen LogP contribution in [0, 0.1) is 5.82 Å². The highest BCUT2D eigenvalue weighted by Gasteiger charge is 2.12. The normalized spacial score (nSPS) is 12.4. The van der Waals surface area contributed by atoms with E-state index >= 15 is 0 Å². The average molecular weight is 265 g/mol. The van der Waals surface area contributed by atoms with Gasteiger partial charge in [0.2, 0.25) is 0 Å². The van der Waals surface area contributed by atoms with E-state index in [1.54, 1.807) is 22.9 Å². The lowest BCUT2D eigenvalue weighted by molar-refractivity contribution is 0.621. The van der Waals surface area contributed by atoms with Crippen molar-refractivity contribution in [1.29, 1.82) is 0 Å². The molecule has 0 aliphatic heterocycles. The smallest absolute Gasteiger partial charge is 0.123 e. The minimum Gasteiger partial charge on any atom is -0.368 e. The van der Waals surface area contributed by atoms with Crippen molar-refractivity contribution in [3.05, 3.63) is 46.2 Å². The van der Waals surface area contributed by atoms with Gasteiger partial charge in [-0.2, -0.15) is 0 Å². The van der Waals surface area contributed by atoms with Gasteiger partial charge in [-0.3, -0.25) is 0 Å². The summed E-state index contributed by atoms with van der Waals surface area (Å²) in [6, 6.07) is 4.52. The summed E-state index contributed by atoms with van der Waals surface area (Å²) in [4.78, 5) is 6.28. The van der Waals surface area contributed by atoms with Crippen molar-refractivity contribution in [3.8, 4) is 0 Å². The summed E-state index contributed by atoms with van der Waals surface area (Å²) in [5.74, 6) is -0.256. The Labute approximate surface area is 110 Å². The molecule has 96 valence electrons. The van der Waals surface area contributed by atoms with E-state index in [4.69, 9.17) is 5.73 Å². The van der Waals surface area contributed by atoms with Crippen molar-refractivity contribution in [2.75, 3.05) is 11.9 Å². The van der Waals surface area contributed by atoms with E-state index in [9.17, 15) is 4.39 Å². The first-order valence-corrected chi connectivity index (χ1v) is 6.65. The van der Waals surface area contributed by atoms with Gasteiger partial charge in [-0.1, -0.05) is 0 Å². The van der Waals surface area contributed by atoms with Crippen LogP contribution < -0.4 is 10.6 Å². The lowest BCUT2D eigenvalue weighted by Crippen LogP contribution is -2.20. The Hall–Kier alpha value is -1.46. The van der Waals surface area contributed by atoms with Gasteiger partial charge in [-0.25, -0.2) is 9.37 Å². The fraction of sp³-hybridized carbons (Fsp3) is 0.308. The summed E-state index contributed by atoms with van der Waals surface area (Å²) in [6.07, 6.45) is 0. The molecule has 0 spiro atoms. The maximum Gasteiger partial charge on any atom is 0.123 e.